The summed E-state index contributed by atoms with van der Waals surface area (Å²) < 4.78 is 7.04. The molecule has 0 amide bonds. The van der Waals surface area contributed by atoms with E-state index in [0.717, 1.165) is 22.6 Å². The van der Waals surface area contributed by atoms with Gasteiger partial charge in [0.1, 0.15) is 5.75 Å². The summed E-state index contributed by atoms with van der Waals surface area (Å²) >= 11 is 1.44. The SMILES string of the molecule is COc1ccccc1CSn1c(Cc2ccccc2)ccnc1=O. The number of hydrogen-bond acceptors (Lipinski definition) is 4. The maximum Gasteiger partial charge on any atom is 0.357 e. The van der Waals surface area contributed by atoms with Crippen LogP contribution in [0.2, 0.25) is 0 Å². The lowest BCUT2D eigenvalue weighted by Gasteiger charge is -2.12. The Bertz CT molecular complexity index is 862. The normalized spacial score (nSPS) is 10.5. The van der Waals surface area contributed by atoms with Gasteiger partial charge in [0.2, 0.25) is 0 Å². The number of nitrogens with zero attached hydrogens (tertiary/aromatic N) is 2. The molecule has 0 radical (unpaired) electrons. The Balaban J connectivity index is 1.84. The molecule has 3 rings (SSSR count). The van der Waals surface area contributed by atoms with Crippen LogP contribution >= 0.6 is 11.9 Å². The highest BCUT2D eigenvalue weighted by Gasteiger charge is 2.09. The van der Waals surface area contributed by atoms with E-state index in [4.69, 9.17) is 4.74 Å². The molecule has 2 aromatic carbocycles. The molecule has 0 aliphatic carbocycles. The van der Waals surface area contributed by atoms with E-state index in [9.17, 15) is 4.79 Å². The third-order valence-electron chi connectivity index (χ3n) is 3.66. The molecule has 0 spiro atoms. The fourth-order valence-electron chi connectivity index (χ4n) is 2.46. The lowest BCUT2D eigenvalue weighted by molar-refractivity contribution is 0.411. The van der Waals surface area contributed by atoms with E-state index in [1.165, 1.54) is 11.9 Å². The summed E-state index contributed by atoms with van der Waals surface area (Å²) in [6.45, 7) is 0. The highest BCUT2D eigenvalue weighted by molar-refractivity contribution is 7.97. The first-order valence-corrected chi connectivity index (χ1v) is 8.58. The van der Waals surface area contributed by atoms with Crippen LogP contribution in [0, 0.1) is 0 Å². The summed E-state index contributed by atoms with van der Waals surface area (Å²) in [6, 6.07) is 19.8. The van der Waals surface area contributed by atoms with Gasteiger partial charge in [-0.25, -0.2) is 13.8 Å². The summed E-state index contributed by atoms with van der Waals surface area (Å²) in [5.74, 6) is 1.46. The van der Waals surface area contributed by atoms with E-state index in [1.807, 2.05) is 48.5 Å². The van der Waals surface area contributed by atoms with E-state index in [-0.39, 0.29) is 5.69 Å². The fourth-order valence-corrected chi connectivity index (χ4v) is 3.42. The van der Waals surface area contributed by atoms with Crippen molar-refractivity contribution in [3.63, 3.8) is 0 Å². The van der Waals surface area contributed by atoms with Crippen molar-refractivity contribution in [2.45, 2.75) is 12.2 Å². The van der Waals surface area contributed by atoms with Gasteiger partial charge in [-0.1, -0.05) is 48.5 Å². The molecule has 0 saturated carbocycles. The fraction of sp³-hybridized carbons (Fsp3) is 0.158. The first-order valence-electron chi connectivity index (χ1n) is 7.64. The second-order valence-corrected chi connectivity index (χ2v) is 6.17. The second-order valence-electron chi connectivity index (χ2n) is 5.26. The molecular formula is C19H18N2O2S. The van der Waals surface area contributed by atoms with Crippen LogP contribution in [-0.2, 0) is 12.2 Å². The van der Waals surface area contributed by atoms with Crippen molar-refractivity contribution in [1.82, 2.24) is 8.96 Å². The average molecular weight is 338 g/mol. The van der Waals surface area contributed by atoms with Gasteiger partial charge in [0.05, 0.1) is 7.11 Å². The Labute approximate surface area is 145 Å². The number of hydrogen-bond donors (Lipinski definition) is 0. The largest absolute Gasteiger partial charge is 0.496 e. The van der Waals surface area contributed by atoms with E-state index >= 15 is 0 Å². The second kappa shape index (κ2) is 7.84. The van der Waals surface area contributed by atoms with Gasteiger partial charge in [-0.3, -0.25) is 0 Å². The van der Waals surface area contributed by atoms with Gasteiger partial charge < -0.3 is 4.74 Å². The Morgan fingerprint density at radius 1 is 1.04 bits per heavy atom. The van der Waals surface area contributed by atoms with Crippen molar-refractivity contribution in [2.24, 2.45) is 0 Å². The molecule has 0 N–H and O–H groups in total. The lowest BCUT2D eigenvalue weighted by atomic mass is 10.1. The summed E-state index contributed by atoms with van der Waals surface area (Å²) in [6.07, 6.45) is 2.26. The van der Waals surface area contributed by atoms with Crippen LogP contribution in [0.1, 0.15) is 16.8 Å². The molecule has 4 nitrogen and oxygen atoms in total. The van der Waals surface area contributed by atoms with Gasteiger partial charge in [0, 0.05) is 29.6 Å². The van der Waals surface area contributed by atoms with E-state index < -0.39 is 0 Å². The highest BCUT2D eigenvalue weighted by Crippen LogP contribution is 2.24. The molecule has 0 saturated heterocycles. The minimum atomic E-state index is -0.247. The van der Waals surface area contributed by atoms with Crippen molar-refractivity contribution < 1.29 is 4.74 Å². The van der Waals surface area contributed by atoms with Gasteiger partial charge in [-0.05, 0) is 29.6 Å². The number of rotatable bonds is 6. The molecule has 0 atom stereocenters. The molecule has 0 bridgehead atoms. The Hall–Kier alpha value is -2.53. The third-order valence-corrected chi connectivity index (χ3v) is 4.75. The molecular weight excluding hydrogens is 320 g/mol. The molecule has 0 unspecified atom stereocenters. The maximum atomic E-state index is 12.2. The molecule has 3 aromatic rings. The van der Waals surface area contributed by atoms with Crippen molar-refractivity contribution in [3.05, 3.63) is 94.2 Å². The van der Waals surface area contributed by atoms with Gasteiger partial charge >= 0.3 is 5.69 Å². The zero-order valence-electron chi connectivity index (χ0n) is 13.4. The Morgan fingerprint density at radius 3 is 2.58 bits per heavy atom. The molecule has 1 heterocycles. The van der Waals surface area contributed by atoms with Crippen molar-refractivity contribution in [1.29, 1.82) is 0 Å². The van der Waals surface area contributed by atoms with Crippen LogP contribution in [-0.4, -0.2) is 16.1 Å². The monoisotopic (exact) mass is 338 g/mol. The topological polar surface area (TPSA) is 44.1 Å². The van der Waals surface area contributed by atoms with Crippen LogP contribution in [0.25, 0.3) is 0 Å². The van der Waals surface area contributed by atoms with Crippen molar-refractivity contribution in [2.75, 3.05) is 7.11 Å². The van der Waals surface area contributed by atoms with Crippen molar-refractivity contribution >= 4 is 11.9 Å². The maximum absolute atomic E-state index is 12.2. The molecule has 5 heteroatoms. The van der Waals surface area contributed by atoms with E-state index in [0.29, 0.717) is 12.2 Å². The van der Waals surface area contributed by atoms with E-state index in [2.05, 4.69) is 17.1 Å². The first-order chi connectivity index (χ1) is 11.8. The van der Waals surface area contributed by atoms with Gasteiger partial charge in [0.25, 0.3) is 0 Å². The quantitative estimate of drug-likeness (QED) is 0.689. The van der Waals surface area contributed by atoms with Crippen LogP contribution < -0.4 is 10.4 Å². The smallest absolute Gasteiger partial charge is 0.357 e. The zero-order chi connectivity index (χ0) is 16.8. The summed E-state index contributed by atoms with van der Waals surface area (Å²) in [5, 5.41) is 0. The Morgan fingerprint density at radius 2 is 1.79 bits per heavy atom. The Kier molecular flexibility index (Phi) is 5.33. The summed E-state index contributed by atoms with van der Waals surface area (Å²) in [7, 11) is 1.65. The van der Waals surface area contributed by atoms with Crippen LogP contribution in [0.15, 0.2) is 71.7 Å². The van der Waals surface area contributed by atoms with Crippen molar-refractivity contribution in [3.8, 4) is 5.75 Å². The average Bonchev–Trinajstić information content (AvgIpc) is 2.62. The number of benzene rings is 2. The van der Waals surface area contributed by atoms with Gasteiger partial charge in [-0.2, -0.15) is 0 Å². The summed E-state index contributed by atoms with van der Waals surface area (Å²) in [5.41, 5.74) is 2.89. The van der Waals surface area contributed by atoms with Crippen LogP contribution in [0.4, 0.5) is 0 Å². The highest BCUT2D eigenvalue weighted by atomic mass is 32.2. The van der Waals surface area contributed by atoms with Gasteiger partial charge in [0.15, 0.2) is 0 Å². The lowest BCUT2D eigenvalue weighted by Crippen LogP contribution is -2.21. The molecule has 0 fully saturated rings. The molecule has 0 aliphatic rings. The predicted octanol–water partition coefficient (Wildman–Crippen LogP) is 3.54. The van der Waals surface area contributed by atoms with Crippen LogP contribution in [0.5, 0.6) is 5.75 Å². The molecule has 1 aromatic heterocycles. The molecule has 122 valence electrons. The number of methoxy groups -OCH3 is 1. The summed E-state index contributed by atoms with van der Waals surface area (Å²) in [4.78, 5) is 16.1. The van der Waals surface area contributed by atoms with Gasteiger partial charge in [-0.15, -0.1) is 0 Å². The third kappa shape index (κ3) is 3.86. The number of aromatic nitrogens is 2. The van der Waals surface area contributed by atoms with Crippen LogP contribution in [0.3, 0.4) is 0 Å². The number of ether oxygens (including phenoxy) is 1. The predicted molar refractivity (Wildman–Crippen MR) is 97.4 cm³/mol. The standard InChI is InChI=1S/C19H18N2O2S/c1-23-18-10-6-5-9-16(18)14-24-21-17(11-12-20-19(21)22)13-15-7-3-2-4-8-15/h2-12H,13-14H2,1H3. The minimum absolute atomic E-state index is 0.247. The minimum Gasteiger partial charge on any atom is -0.496 e. The van der Waals surface area contributed by atoms with E-state index in [1.54, 1.807) is 17.3 Å². The number of para-hydroxylation sites is 1. The molecule has 24 heavy (non-hydrogen) atoms. The first kappa shape index (κ1) is 16.3. The molecule has 0 aliphatic heterocycles. The zero-order valence-corrected chi connectivity index (χ0v) is 14.2.